The number of anilines is 1. The number of aryl methyl sites for hydroxylation is 1. The van der Waals surface area contributed by atoms with Gasteiger partial charge in [-0.1, -0.05) is 41.4 Å². The van der Waals surface area contributed by atoms with Crippen LogP contribution in [0, 0.1) is 6.92 Å². The molecule has 0 aliphatic carbocycles. The van der Waals surface area contributed by atoms with Crippen molar-refractivity contribution in [3.8, 4) is 0 Å². The minimum absolute atomic E-state index is 0.604. The number of piperazine rings is 1. The van der Waals surface area contributed by atoms with Gasteiger partial charge in [-0.15, -0.1) is 0 Å². The predicted molar refractivity (Wildman–Crippen MR) is 92.9 cm³/mol. The molecular formula is C17H19Cl2N3. The number of hydrogen-bond donors (Lipinski definition) is 0. The summed E-state index contributed by atoms with van der Waals surface area (Å²) < 4.78 is 0. The zero-order chi connectivity index (χ0) is 15.5. The summed E-state index contributed by atoms with van der Waals surface area (Å²) in [7, 11) is 0. The fourth-order valence-corrected chi connectivity index (χ4v) is 3.14. The average Bonchev–Trinajstić information content (AvgIpc) is 2.52. The molecule has 0 amide bonds. The van der Waals surface area contributed by atoms with Crippen LogP contribution in [-0.2, 0) is 6.54 Å². The van der Waals surface area contributed by atoms with E-state index in [1.165, 1.54) is 0 Å². The number of aromatic nitrogens is 1. The van der Waals surface area contributed by atoms with E-state index < -0.39 is 0 Å². The molecule has 116 valence electrons. The van der Waals surface area contributed by atoms with Crippen LogP contribution in [0.5, 0.6) is 0 Å². The lowest BCUT2D eigenvalue weighted by Crippen LogP contribution is -2.46. The van der Waals surface area contributed by atoms with E-state index in [2.05, 4.69) is 26.9 Å². The van der Waals surface area contributed by atoms with E-state index in [9.17, 15) is 0 Å². The summed E-state index contributed by atoms with van der Waals surface area (Å²) in [4.78, 5) is 9.19. The lowest BCUT2D eigenvalue weighted by molar-refractivity contribution is 0.247. The predicted octanol–water partition coefficient (Wildman–Crippen LogP) is 4.02. The molecular weight excluding hydrogens is 317 g/mol. The van der Waals surface area contributed by atoms with Gasteiger partial charge < -0.3 is 4.90 Å². The highest BCUT2D eigenvalue weighted by Gasteiger charge is 2.19. The van der Waals surface area contributed by atoms with Gasteiger partial charge in [0, 0.05) is 32.7 Å². The van der Waals surface area contributed by atoms with Gasteiger partial charge in [-0.25, -0.2) is 4.98 Å². The Morgan fingerprint density at radius 3 is 2.41 bits per heavy atom. The third-order valence-corrected chi connectivity index (χ3v) is 4.75. The van der Waals surface area contributed by atoms with E-state index in [0.29, 0.717) is 5.15 Å². The van der Waals surface area contributed by atoms with Gasteiger partial charge in [0.25, 0.3) is 0 Å². The van der Waals surface area contributed by atoms with Gasteiger partial charge in [-0.3, -0.25) is 4.90 Å². The van der Waals surface area contributed by atoms with Gasteiger partial charge in [0.05, 0.1) is 16.4 Å². The van der Waals surface area contributed by atoms with Crippen LogP contribution in [0.15, 0.2) is 36.4 Å². The van der Waals surface area contributed by atoms with Gasteiger partial charge >= 0.3 is 0 Å². The van der Waals surface area contributed by atoms with Gasteiger partial charge in [0.1, 0.15) is 5.15 Å². The first-order chi connectivity index (χ1) is 10.6. The summed E-state index contributed by atoms with van der Waals surface area (Å²) in [5.41, 5.74) is 3.18. The molecule has 1 saturated heterocycles. The number of halogens is 2. The SMILES string of the molecule is Cc1ccc(CN2CCN(c3ccccc3Cl)CC2)nc1Cl. The molecule has 2 heterocycles. The molecule has 3 nitrogen and oxygen atoms in total. The normalized spacial score (nSPS) is 16.0. The van der Waals surface area contributed by atoms with Crippen LogP contribution < -0.4 is 4.90 Å². The smallest absolute Gasteiger partial charge is 0.132 e. The first-order valence-corrected chi connectivity index (χ1v) is 8.23. The summed E-state index contributed by atoms with van der Waals surface area (Å²) in [6.07, 6.45) is 0. The standard InChI is InChI=1S/C17H19Cl2N3/c1-13-6-7-14(20-17(13)19)12-21-8-10-22(11-9-21)16-5-3-2-4-15(16)18/h2-7H,8-12H2,1H3. The van der Waals surface area contributed by atoms with Crippen molar-refractivity contribution in [2.75, 3.05) is 31.1 Å². The monoisotopic (exact) mass is 335 g/mol. The third-order valence-electron chi connectivity index (χ3n) is 4.04. The second-order valence-electron chi connectivity index (χ2n) is 5.62. The van der Waals surface area contributed by atoms with Gasteiger partial charge in [0.2, 0.25) is 0 Å². The van der Waals surface area contributed by atoms with Crippen molar-refractivity contribution in [2.45, 2.75) is 13.5 Å². The quantitative estimate of drug-likeness (QED) is 0.789. The van der Waals surface area contributed by atoms with Crippen LogP contribution in [-0.4, -0.2) is 36.1 Å². The Balaban J connectivity index is 1.60. The zero-order valence-corrected chi connectivity index (χ0v) is 14.1. The molecule has 0 saturated carbocycles. The number of hydrogen-bond acceptors (Lipinski definition) is 3. The third kappa shape index (κ3) is 3.54. The van der Waals surface area contributed by atoms with Crippen LogP contribution in [0.1, 0.15) is 11.3 Å². The molecule has 0 radical (unpaired) electrons. The fraction of sp³-hybridized carbons (Fsp3) is 0.353. The Bertz CT molecular complexity index is 652. The van der Waals surface area contributed by atoms with E-state index >= 15 is 0 Å². The first kappa shape index (κ1) is 15.6. The molecule has 0 bridgehead atoms. The largest absolute Gasteiger partial charge is 0.368 e. The van der Waals surface area contributed by atoms with Crippen LogP contribution in [0.2, 0.25) is 10.2 Å². The maximum atomic E-state index is 6.28. The van der Waals surface area contributed by atoms with E-state index in [-0.39, 0.29) is 0 Å². The number of nitrogens with zero attached hydrogens (tertiary/aromatic N) is 3. The summed E-state index contributed by atoms with van der Waals surface area (Å²) in [5.74, 6) is 0. The average molecular weight is 336 g/mol. The summed E-state index contributed by atoms with van der Waals surface area (Å²) in [6, 6.07) is 12.1. The number of para-hydroxylation sites is 1. The highest BCUT2D eigenvalue weighted by atomic mass is 35.5. The summed E-state index contributed by atoms with van der Waals surface area (Å²) in [5, 5.41) is 1.43. The molecule has 0 unspecified atom stereocenters. The molecule has 2 aromatic rings. The van der Waals surface area contributed by atoms with Crippen molar-refractivity contribution in [2.24, 2.45) is 0 Å². The number of pyridine rings is 1. The number of benzene rings is 1. The molecule has 1 aromatic carbocycles. The highest BCUT2D eigenvalue weighted by molar-refractivity contribution is 6.33. The molecule has 1 fully saturated rings. The maximum Gasteiger partial charge on any atom is 0.132 e. The minimum Gasteiger partial charge on any atom is -0.368 e. The van der Waals surface area contributed by atoms with Crippen molar-refractivity contribution < 1.29 is 0 Å². The van der Waals surface area contributed by atoms with Gasteiger partial charge in [0.15, 0.2) is 0 Å². The van der Waals surface area contributed by atoms with Gasteiger partial charge in [-0.05, 0) is 30.7 Å². The van der Waals surface area contributed by atoms with E-state index in [1.807, 2.05) is 31.2 Å². The van der Waals surface area contributed by atoms with Crippen molar-refractivity contribution in [1.29, 1.82) is 0 Å². The van der Waals surface area contributed by atoms with Crippen LogP contribution >= 0.6 is 23.2 Å². The molecule has 0 atom stereocenters. The van der Waals surface area contributed by atoms with Crippen molar-refractivity contribution >= 4 is 28.9 Å². The molecule has 1 aliphatic heterocycles. The van der Waals surface area contributed by atoms with E-state index in [4.69, 9.17) is 23.2 Å². The molecule has 1 aromatic heterocycles. The van der Waals surface area contributed by atoms with E-state index in [0.717, 1.165) is 54.7 Å². The van der Waals surface area contributed by atoms with Crippen LogP contribution in [0.3, 0.4) is 0 Å². The Hall–Kier alpha value is -1.29. The van der Waals surface area contributed by atoms with Crippen LogP contribution in [0.4, 0.5) is 5.69 Å². The molecule has 0 N–H and O–H groups in total. The van der Waals surface area contributed by atoms with Crippen molar-refractivity contribution in [1.82, 2.24) is 9.88 Å². The van der Waals surface area contributed by atoms with E-state index in [1.54, 1.807) is 0 Å². The Morgan fingerprint density at radius 2 is 1.73 bits per heavy atom. The van der Waals surface area contributed by atoms with Crippen molar-refractivity contribution in [3.05, 3.63) is 57.8 Å². The molecule has 0 spiro atoms. The Kier molecular flexibility index (Phi) is 4.87. The molecule has 5 heteroatoms. The highest BCUT2D eigenvalue weighted by Crippen LogP contribution is 2.26. The lowest BCUT2D eigenvalue weighted by atomic mass is 10.2. The molecule has 1 aliphatic rings. The second-order valence-corrected chi connectivity index (χ2v) is 6.39. The fourth-order valence-electron chi connectivity index (χ4n) is 2.71. The molecule has 22 heavy (non-hydrogen) atoms. The Labute approximate surface area is 141 Å². The Morgan fingerprint density at radius 1 is 1.00 bits per heavy atom. The second kappa shape index (κ2) is 6.86. The topological polar surface area (TPSA) is 19.4 Å². The zero-order valence-electron chi connectivity index (χ0n) is 12.6. The van der Waals surface area contributed by atoms with Crippen molar-refractivity contribution in [3.63, 3.8) is 0 Å². The number of rotatable bonds is 3. The minimum atomic E-state index is 0.604. The first-order valence-electron chi connectivity index (χ1n) is 7.47. The lowest BCUT2D eigenvalue weighted by Gasteiger charge is -2.36. The summed E-state index contributed by atoms with van der Waals surface area (Å²) in [6.45, 7) is 6.77. The molecule has 3 rings (SSSR count). The maximum absolute atomic E-state index is 6.28. The summed E-state index contributed by atoms with van der Waals surface area (Å²) >= 11 is 12.4. The van der Waals surface area contributed by atoms with Crippen LogP contribution in [0.25, 0.3) is 0 Å². The van der Waals surface area contributed by atoms with Gasteiger partial charge in [-0.2, -0.15) is 0 Å².